The predicted octanol–water partition coefficient (Wildman–Crippen LogP) is 2.53. The highest BCUT2D eigenvalue weighted by atomic mass is 32.2. The van der Waals surface area contributed by atoms with Crippen LogP contribution in [-0.4, -0.2) is 51.0 Å². The van der Waals surface area contributed by atoms with Gasteiger partial charge in [0.05, 0.1) is 18.1 Å². The number of hydrogen-bond acceptors (Lipinski definition) is 7. The van der Waals surface area contributed by atoms with Crippen LogP contribution in [0.15, 0.2) is 40.9 Å². The van der Waals surface area contributed by atoms with Crippen LogP contribution in [0.25, 0.3) is 0 Å². The second kappa shape index (κ2) is 10.4. The minimum atomic E-state index is -3.54. The largest absolute Gasteiger partial charge is 0.462 e. The van der Waals surface area contributed by atoms with Crippen molar-refractivity contribution in [3.63, 3.8) is 0 Å². The van der Waals surface area contributed by atoms with Crippen molar-refractivity contribution >= 4 is 27.6 Å². The van der Waals surface area contributed by atoms with Crippen molar-refractivity contribution in [3.05, 3.63) is 36.0 Å². The van der Waals surface area contributed by atoms with Crippen LogP contribution < -0.4 is 5.32 Å². The minimum Gasteiger partial charge on any atom is -0.462 e. The zero-order valence-electron chi connectivity index (χ0n) is 17.0. The fourth-order valence-electron chi connectivity index (χ4n) is 3.01. The number of hydrogen-bond donors (Lipinski definition) is 1. The average molecular weight is 425 g/mol. The predicted molar refractivity (Wildman–Crippen MR) is 109 cm³/mol. The van der Waals surface area contributed by atoms with Gasteiger partial charge in [0.1, 0.15) is 0 Å². The first-order valence-electron chi connectivity index (χ1n) is 9.70. The average Bonchev–Trinajstić information content (AvgIpc) is 2.69. The molecule has 0 radical (unpaired) electrons. The molecule has 1 N–H and O–H groups in total. The van der Waals surface area contributed by atoms with E-state index in [0.717, 1.165) is 12.8 Å². The number of esters is 2. The van der Waals surface area contributed by atoms with Crippen LogP contribution >= 0.6 is 0 Å². The van der Waals surface area contributed by atoms with Gasteiger partial charge < -0.3 is 14.8 Å². The standard InChI is InChI=1S/C20H28N2O6S/c1-4-27-19(23)18(20(24)28-5-2)13-21-16-8-10-17(11-9-16)29(25,26)22-12-6-7-15(3)14-22/h8-11,13,15,21H,4-7,12,14H2,1-3H3. The molecule has 0 bridgehead atoms. The summed E-state index contributed by atoms with van der Waals surface area (Å²) in [7, 11) is -3.54. The summed E-state index contributed by atoms with van der Waals surface area (Å²) in [4.78, 5) is 24.1. The van der Waals surface area contributed by atoms with Crippen LogP contribution in [0, 0.1) is 5.92 Å². The number of ether oxygens (including phenoxy) is 2. The Labute approximate surface area is 171 Å². The molecule has 1 saturated heterocycles. The van der Waals surface area contributed by atoms with E-state index < -0.39 is 22.0 Å². The summed E-state index contributed by atoms with van der Waals surface area (Å²) in [6, 6.07) is 6.15. The number of benzene rings is 1. The van der Waals surface area contributed by atoms with E-state index in [4.69, 9.17) is 9.47 Å². The zero-order chi connectivity index (χ0) is 21.4. The maximum atomic E-state index is 12.8. The lowest BCUT2D eigenvalue weighted by Crippen LogP contribution is -2.39. The molecule has 0 amide bonds. The number of anilines is 1. The normalized spacial score (nSPS) is 17.3. The summed E-state index contributed by atoms with van der Waals surface area (Å²) >= 11 is 0. The van der Waals surface area contributed by atoms with Crippen molar-refractivity contribution < 1.29 is 27.5 Å². The lowest BCUT2D eigenvalue weighted by Gasteiger charge is -2.30. The molecular weight excluding hydrogens is 396 g/mol. The maximum absolute atomic E-state index is 12.8. The molecule has 160 valence electrons. The number of nitrogens with one attached hydrogen (secondary N) is 1. The smallest absolute Gasteiger partial charge is 0.347 e. The number of carbonyl (C=O) groups is 2. The molecule has 1 aromatic carbocycles. The molecule has 0 aliphatic carbocycles. The first-order chi connectivity index (χ1) is 13.8. The first kappa shape index (κ1) is 22.9. The van der Waals surface area contributed by atoms with E-state index in [-0.39, 0.29) is 23.7 Å². The second-order valence-electron chi connectivity index (χ2n) is 6.78. The van der Waals surface area contributed by atoms with Gasteiger partial charge in [-0.25, -0.2) is 18.0 Å². The number of sulfonamides is 1. The highest BCUT2D eigenvalue weighted by Crippen LogP contribution is 2.24. The van der Waals surface area contributed by atoms with Gasteiger partial charge in [-0.3, -0.25) is 0 Å². The minimum absolute atomic E-state index is 0.122. The number of rotatable bonds is 8. The van der Waals surface area contributed by atoms with Crippen LogP contribution in [0.4, 0.5) is 5.69 Å². The van der Waals surface area contributed by atoms with Crippen molar-refractivity contribution in [1.82, 2.24) is 4.31 Å². The Balaban J connectivity index is 2.15. The molecule has 8 nitrogen and oxygen atoms in total. The molecule has 1 atom stereocenters. The first-order valence-corrected chi connectivity index (χ1v) is 11.1. The molecule has 1 aliphatic heterocycles. The van der Waals surface area contributed by atoms with Crippen molar-refractivity contribution in [2.24, 2.45) is 5.92 Å². The summed E-state index contributed by atoms with van der Waals surface area (Å²) in [5.41, 5.74) is 0.245. The fourth-order valence-corrected chi connectivity index (χ4v) is 4.61. The fraction of sp³-hybridized carbons (Fsp3) is 0.500. The quantitative estimate of drug-likeness (QED) is 0.296. The van der Waals surface area contributed by atoms with Gasteiger partial charge in [0.2, 0.25) is 10.0 Å². The Bertz CT molecular complexity index is 828. The number of carbonyl (C=O) groups excluding carboxylic acids is 2. The van der Waals surface area contributed by atoms with E-state index in [1.807, 2.05) is 6.92 Å². The third-order valence-corrected chi connectivity index (χ3v) is 6.37. The monoisotopic (exact) mass is 424 g/mol. The van der Waals surface area contributed by atoms with E-state index in [1.54, 1.807) is 26.0 Å². The summed E-state index contributed by atoms with van der Waals surface area (Å²) in [6.07, 6.45) is 3.09. The van der Waals surface area contributed by atoms with E-state index in [2.05, 4.69) is 5.32 Å². The van der Waals surface area contributed by atoms with E-state index in [9.17, 15) is 18.0 Å². The Morgan fingerprint density at radius 2 is 1.72 bits per heavy atom. The van der Waals surface area contributed by atoms with Crippen LogP contribution in [0.5, 0.6) is 0 Å². The molecule has 2 rings (SSSR count). The van der Waals surface area contributed by atoms with Crippen molar-refractivity contribution in [1.29, 1.82) is 0 Å². The molecule has 0 saturated carbocycles. The molecular formula is C20H28N2O6S. The van der Waals surface area contributed by atoms with E-state index >= 15 is 0 Å². The third-order valence-electron chi connectivity index (χ3n) is 4.49. The van der Waals surface area contributed by atoms with Crippen LogP contribution in [0.2, 0.25) is 0 Å². The highest BCUT2D eigenvalue weighted by molar-refractivity contribution is 7.89. The Hall–Kier alpha value is -2.39. The summed E-state index contributed by atoms with van der Waals surface area (Å²) in [5.74, 6) is -1.25. The lowest BCUT2D eigenvalue weighted by atomic mass is 10.0. The molecule has 1 unspecified atom stereocenters. The Morgan fingerprint density at radius 3 is 2.24 bits per heavy atom. The summed E-state index contributed by atoms with van der Waals surface area (Å²) < 4.78 is 36.9. The summed E-state index contributed by atoms with van der Waals surface area (Å²) in [5, 5.41) is 2.82. The van der Waals surface area contributed by atoms with E-state index in [1.165, 1.54) is 22.6 Å². The molecule has 9 heteroatoms. The molecule has 1 fully saturated rings. The van der Waals surface area contributed by atoms with Crippen LogP contribution in [0.3, 0.4) is 0 Å². The van der Waals surface area contributed by atoms with Gasteiger partial charge in [0, 0.05) is 25.0 Å². The van der Waals surface area contributed by atoms with E-state index in [0.29, 0.717) is 24.7 Å². The van der Waals surface area contributed by atoms with Gasteiger partial charge in [-0.2, -0.15) is 4.31 Å². The molecule has 0 spiro atoms. The van der Waals surface area contributed by atoms with Crippen molar-refractivity contribution in [3.8, 4) is 0 Å². The van der Waals surface area contributed by atoms with Gasteiger partial charge >= 0.3 is 11.9 Å². The maximum Gasteiger partial charge on any atom is 0.347 e. The number of piperidine rings is 1. The lowest BCUT2D eigenvalue weighted by molar-refractivity contribution is -0.146. The summed E-state index contributed by atoms with van der Waals surface area (Å²) in [6.45, 7) is 6.61. The zero-order valence-corrected chi connectivity index (χ0v) is 17.8. The topological polar surface area (TPSA) is 102 Å². The highest BCUT2D eigenvalue weighted by Gasteiger charge is 2.28. The van der Waals surface area contributed by atoms with Crippen molar-refractivity contribution in [2.75, 3.05) is 31.6 Å². The van der Waals surface area contributed by atoms with Gasteiger partial charge in [-0.05, 0) is 56.9 Å². The molecule has 29 heavy (non-hydrogen) atoms. The van der Waals surface area contributed by atoms with Crippen molar-refractivity contribution in [2.45, 2.75) is 38.5 Å². The van der Waals surface area contributed by atoms with Gasteiger partial charge in [-0.1, -0.05) is 6.92 Å². The Kier molecular flexibility index (Phi) is 8.21. The van der Waals surface area contributed by atoms with Crippen LogP contribution in [0.1, 0.15) is 33.6 Å². The second-order valence-corrected chi connectivity index (χ2v) is 8.72. The Morgan fingerprint density at radius 1 is 1.14 bits per heavy atom. The third kappa shape index (κ3) is 6.04. The molecule has 1 aromatic rings. The molecule has 1 aliphatic rings. The van der Waals surface area contributed by atoms with Gasteiger partial charge in [0.25, 0.3) is 0 Å². The molecule has 1 heterocycles. The SMILES string of the molecule is CCOC(=O)C(=CNc1ccc(S(=O)(=O)N2CCCC(C)C2)cc1)C(=O)OCC. The van der Waals surface area contributed by atoms with Crippen LogP contribution in [-0.2, 0) is 29.1 Å². The molecule has 0 aromatic heterocycles. The van der Waals surface area contributed by atoms with Gasteiger partial charge in [0.15, 0.2) is 5.57 Å². The van der Waals surface area contributed by atoms with Gasteiger partial charge in [-0.15, -0.1) is 0 Å². The number of nitrogens with zero attached hydrogens (tertiary/aromatic N) is 1.